The van der Waals surface area contributed by atoms with Crippen LogP contribution in [-0.2, 0) is 12.7 Å². The van der Waals surface area contributed by atoms with Gasteiger partial charge in [-0.1, -0.05) is 17.7 Å². The summed E-state index contributed by atoms with van der Waals surface area (Å²) in [5.41, 5.74) is -0.637. The Morgan fingerprint density at radius 2 is 2.04 bits per heavy atom. The van der Waals surface area contributed by atoms with E-state index >= 15 is 0 Å². The predicted octanol–water partition coefficient (Wildman–Crippen LogP) is 2.97. The second-order valence-corrected chi connectivity index (χ2v) is 5.04. The van der Waals surface area contributed by atoms with Crippen LogP contribution in [0.4, 0.5) is 24.8 Å². The van der Waals surface area contributed by atoms with Crippen molar-refractivity contribution in [3.63, 3.8) is 0 Å². The van der Waals surface area contributed by atoms with Crippen LogP contribution >= 0.6 is 11.6 Å². The molecule has 0 bridgehead atoms. The molecule has 0 unspecified atom stereocenters. The SMILES string of the molecule is OCCNCc1cnc(Nc2cccc(Cl)c2)nc1C(F)(F)F. The Hall–Kier alpha value is -1.90. The molecule has 3 N–H and O–H groups in total. The van der Waals surface area contributed by atoms with Gasteiger partial charge in [-0.05, 0) is 18.2 Å². The van der Waals surface area contributed by atoms with E-state index in [0.717, 1.165) is 6.20 Å². The number of rotatable bonds is 6. The first kappa shape index (κ1) is 17.5. The average Bonchev–Trinajstić information content (AvgIpc) is 2.48. The lowest BCUT2D eigenvalue weighted by atomic mass is 10.2. The van der Waals surface area contributed by atoms with Crippen molar-refractivity contribution in [2.45, 2.75) is 12.7 Å². The van der Waals surface area contributed by atoms with Crippen LogP contribution in [0.3, 0.4) is 0 Å². The monoisotopic (exact) mass is 346 g/mol. The molecule has 0 aliphatic rings. The second-order valence-electron chi connectivity index (χ2n) is 4.60. The van der Waals surface area contributed by atoms with Crippen molar-refractivity contribution in [3.05, 3.63) is 46.7 Å². The van der Waals surface area contributed by atoms with Crippen molar-refractivity contribution in [1.29, 1.82) is 0 Å². The Morgan fingerprint density at radius 3 is 2.70 bits per heavy atom. The standard InChI is InChI=1S/C14H14ClF3N4O/c15-10-2-1-3-11(6-10)21-13-20-8-9(7-19-4-5-23)12(22-13)14(16,17)18/h1-3,6,8,19,23H,4-5,7H2,(H,20,21,22). The van der Waals surface area contributed by atoms with E-state index in [1.54, 1.807) is 24.3 Å². The number of aliphatic hydroxyl groups excluding tert-OH is 1. The molecule has 1 heterocycles. The zero-order chi connectivity index (χ0) is 16.9. The highest BCUT2D eigenvalue weighted by Crippen LogP contribution is 2.31. The third-order valence-corrected chi connectivity index (χ3v) is 3.05. The average molecular weight is 347 g/mol. The van der Waals surface area contributed by atoms with Crippen molar-refractivity contribution < 1.29 is 18.3 Å². The number of nitrogens with zero attached hydrogens (tertiary/aromatic N) is 2. The highest BCUT2D eigenvalue weighted by atomic mass is 35.5. The van der Waals surface area contributed by atoms with E-state index in [1.165, 1.54) is 0 Å². The summed E-state index contributed by atoms with van der Waals surface area (Å²) in [5.74, 6) is -0.175. The largest absolute Gasteiger partial charge is 0.433 e. The minimum Gasteiger partial charge on any atom is -0.395 e. The molecule has 0 spiro atoms. The van der Waals surface area contributed by atoms with E-state index in [9.17, 15) is 13.2 Å². The molecule has 0 fully saturated rings. The summed E-state index contributed by atoms with van der Waals surface area (Å²) in [6.07, 6.45) is -3.50. The highest BCUT2D eigenvalue weighted by molar-refractivity contribution is 6.30. The summed E-state index contributed by atoms with van der Waals surface area (Å²) in [6.45, 7) is -0.0801. The van der Waals surface area contributed by atoms with Gasteiger partial charge >= 0.3 is 6.18 Å². The fraction of sp³-hybridized carbons (Fsp3) is 0.286. The first-order chi connectivity index (χ1) is 10.9. The fourth-order valence-electron chi connectivity index (χ4n) is 1.84. The van der Waals surface area contributed by atoms with Crippen LogP contribution in [0, 0.1) is 0 Å². The molecule has 124 valence electrons. The first-order valence-corrected chi connectivity index (χ1v) is 7.05. The van der Waals surface area contributed by atoms with E-state index < -0.39 is 11.9 Å². The Morgan fingerprint density at radius 1 is 1.26 bits per heavy atom. The quantitative estimate of drug-likeness (QED) is 0.702. The molecule has 2 aromatic rings. The van der Waals surface area contributed by atoms with Gasteiger partial charge in [-0.25, -0.2) is 9.97 Å². The maximum atomic E-state index is 13.1. The molecule has 23 heavy (non-hydrogen) atoms. The van der Waals surface area contributed by atoms with Gasteiger partial charge < -0.3 is 15.7 Å². The van der Waals surface area contributed by atoms with Crippen LogP contribution in [-0.4, -0.2) is 28.2 Å². The number of alkyl halides is 3. The van der Waals surface area contributed by atoms with Gasteiger partial charge in [-0.15, -0.1) is 0 Å². The molecule has 0 radical (unpaired) electrons. The lowest BCUT2D eigenvalue weighted by Gasteiger charge is -2.14. The van der Waals surface area contributed by atoms with Crippen molar-refractivity contribution in [1.82, 2.24) is 15.3 Å². The molecule has 0 saturated carbocycles. The summed E-state index contributed by atoms with van der Waals surface area (Å²) in [5, 5.41) is 14.5. The van der Waals surface area contributed by atoms with Gasteiger partial charge in [0, 0.05) is 35.6 Å². The van der Waals surface area contributed by atoms with Gasteiger partial charge in [-0.2, -0.15) is 13.2 Å². The van der Waals surface area contributed by atoms with Crippen LogP contribution in [0.2, 0.25) is 5.02 Å². The van der Waals surface area contributed by atoms with Gasteiger partial charge in [-0.3, -0.25) is 0 Å². The Bertz CT molecular complexity index is 667. The number of anilines is 2. The molecule has 1 aromatic carbocycles. The van der Waals surface area contributed by atoms with Crippen LogP contribution in [0.5, 0.6) is 0 Å². The Labute approximate surface area is 135 Å². The zero-order valence-corrected chi connectivity index (χ0v) is 12.6. The Balaban J connectivity index is 2.25. The molecule has 0 atom stereocenters. The van der Waals surface area contributed by atoms with E-state index in [0.29, 0.717) is 10.7 Å². The van der Waals surface area contributed by atoms with E-state index in [2.05, 4.69) is 20.6 Å². The number of hydrogen-bond donors (Lipinski definition) is 3. The molecule has 9 heteroatoms. The maximum absolute atomic E-state index is 13.1. The number of nitrogens with one attached hydrogen (secondary N) is 2. The predicted molar refractivity (Wildman–Crippen MR) is 80.6 cm³/mol. The maximum Gasteiger partial charge on any atom is 0.433 e. The smallest absolute Gasteiger partial charge is 0.395 e. The summed E-state index contributed by atoms with van der Waals surface area (Å²) < 4.78 is 39.4. The van der Waals surface area contributed by atoms with Gasteiger partial charge in [0.1, 0.15) is 0 Å². The van der Waals surface area contributed by atoms with E-state index in [4.69, 9.17) is 16.7 Å². The van der Waals surface area contributed by atoms with Crippen LogP contribution in [0.15, 0.2) is 30.5 Å². The number of benzene rings is 1. The molecule has 0 aliphatic carbocycles. The van der Waals surface area contributed by atoms with Gasteiger partial charge in [0.15, 0.2) is 5.69 Å². The summed E-state index contributed by atoms with van der Waals surface area (Å²) in [7, 11) is 0. The van der Waals surface area contributed by atoms with E-state index in [1.807, 2.05) is 0 Å². The van der Waals surface area contributed by atoms with Crippen molar-refractivity contribution in [2.75, 3.05) is 18.5 Å². The fourth-order valence-corrected chi connectivity index (χ4v) is 2.03. The van der Waals surface area contributed by atoms with Crippen molar-refractivity contribution in [2.24, 2.45) is 0 Å². The Kier molecular flexibility index (Phi) is 5.75. The summed E-state index contributed by atoms with van der Waals surface area (Å²) >= 11 is 5.82. The molecular weight excluding hydrogens is 333 g/mol. The molecule has 5 nitrogen and oxygen atoms in total. The second kappa shape index (κ2) is 7.58. The zero-order valence-electron chi connectivity index (χ0n) is 11.9. The minimum absolute atomic E-state index is 0.0904. The third kappa shape index (κ3) is 5.05. The summed E-state index contributed by atoms with van der Waals surface area (Å²) in [4.78, 5) is 7.44. The highest BCUT2D eigenvalue weighted by Gasteiger charge is 2.36. The lowest BCUT2D eigenvalue weighted by molar-refractivity contribution is -0.141. The summed E-state index contributed by atoms with van der Waals surface area (Å²) in [6, 6.07) is 6.49. The number of halogens is 4. The van der Waals surface area contributed by atoms with Crippen molar-refractivity contribution >= 4 is 23.2 Å². The molecule has 0 amide bonds. The minimum atomic E-state index is -4.61. The van der Waals surface area contributed by atoms with E-state index in [-0.39, 0.29) is 31.2 Å². The molecule has 1 aromatic heterocycles. The first-order valence-electron chi connectivity index (χ1n) is 6.67. The number of aromatic nitrogens is 2. The van der Waals surface area contributed by atoms with Crippen LogP contribution < -0.4 is 10.6 Å². The molecule has 2 rings (SSSR count). The topological polar surface area (TPSA) is 70.1 Å². The normalized spacial score (nSPS) is 11.5. The van der Waals surface area contributed by atoms with Gasteiger partial charge in [0.05, 0.1) is 6.61 Å². The third-order valence-electron chi connectivity index (χ3n) is 2.82. The molecule has 0 saturated heterocycles. The van der Waals surface area contributed by atoms with Crippen LogP contribution in [0.1, 0.15) is 11.3 Å². The van der Waals surface area contributed by atoms with Gasteiger partial charge in [0.2, 0.25) is 5.95 Å². The number of aliphatic hydroxyl groups is 1. The molecular formula is C14H14ClF3N4O. The van der Waals surface area contributed by atoms with Crippen molar-refractivity contribution in [3.8, 4) is 0 Å². The molecule has 0 aliphatic heterocycles. The number of hydrogen-bond acceptors (Lipinski definition) is 5. The van der Waals surface area contributed by atoms with Gasteiger partial charge in [0.25, 0.3) is 0 Å². The van der Waals surface area contributed by atoms with Crippen LogP contribution in [0.25, 0.3) is 0 Å². The lowest BCUT2D eigenvalue weighted by Crippen LogP contribution is -2.22.